The van der Waals surface area contributed by atoms with E-state index in [2.05, 4.69) is 5.32 Å². The molecule has 1 aliphatic rings. The largest absolute Gasteiger partial charge is 0.481 e. The number of amides is 2. The maximum absolute atomic E-state index is 11.9. The predicted molar refractivity (Wildman–Crippen MR) is 66.2 cm³/mol. The Morgan fingerprint density at radius 3 is 2.61 bits per heavy atom. The Hall–Kier alpha value is -1.30. The lowest BCUT2D eigenvalue weighted by Crippen LogP contribution is -2.52. The number of nitrogens with zero attached hydrogens (tertiary/aromatic N) is 1. The van der Waals surface area contributed by atoms with Crippen LogP contribution < -0.4 is 5.32 Å². The summed E-state index contributed by atoms with van der Waals surface area (Å²) in [7, 11) is 0. The van der Waals surface area contributed by atoms with Crippen LogP contribution in [0.3, 0.4) is 0 Å². The van der Waals surface area contributed by atoms with Crippen LogP contribution in [0, 0.1) is 5.41 Å². The second-order valence-corrected chi connectivity index (χ2v) is 5.37. The fraction of sp³-hybridized carbons (Fsp3) is 0.833. The van der Waals surface area contributed by atoms with Crippen molar-refractivity contribution in [3.63, 3.8) is 0 Å². The first-order chi connectivity index (χ1) is 8.38. The number of hydrogen-bond acceptors (Lipinski definition) is 3. The number of carbonyl (C=O) groups is 2. The molecule has 0 spiro atoms. The fourth-order valence-corrected chi connectivity index (χ4v) is 1.93. The van der Waals surface area contributed by atoms with Gasteiger partial charge in [-0.05, 0) is 33.1 Å². The Bertz CT molecular complexity index is 317. The molecule has 2 amide bonds. The van der Waals surface area contributed by atoms with Crippen LogP contribution in [0.1, 0.15) is 33.1 Å². The van der Waals surface area contributed by atoms with Gasteiger partial charge in [0.2, 0.25) is 0 Å². The Kier molecular flexibility index (Phi) is 4.95. The summed E-state index contributed by atoms with van der Waals surface area (Å²) in [6.45, 7) is 3.78. The van der Waals surface area contributed by atoms with E-state index in [9.17, 15) is 14.7 Å². The number of nitrogens with one attached hydrogen (secondary N) is 1. The van der Waals surface area contributed by atoms with Gasteiger partial charge in [-0.1, -0.05) is 0 Å². The third-order valence-corrected chi connectivity index (χ3v) is 3.36. The first-order valence-corrected chi connectivity index (χ1v) is 6.27. The lowest BCUT2D eigenvalue weighted by molar-refractivity contribution is -0.146. The highest BCUT2D eigenvalue weighted by Crippen LogP contribution is 2.18. The Balaban J connectivity index is 2.51. The molecule has 0 aromatic rings. The monoisotopic (exact) mass is 258 g/mol. The van der Waals surface area contributed by atoms with Gasteiger partial charge < -0.3 is 20.4 Å². The van der Waals surface area contributed by atoms with Gasteiger partial charge >= 0.3 is 12.0 Å². The quantitative estimate of drug-likeness (QED) is 0.690. The number of aliphatic hydroxyl groups is 1. The molecule has 0 radical (unpaired) electrons. The molecule has 1 unspecified atom stereocenters. The summed E-state index contributed by atoms with van der Waals surface area (Å²) in [5.74, 6) is -0.944. The zero-order valence-electron chi connectivity index (χ0n) is 11.0. The number of aliphatic hydroxyl groups excluding tert-OH is 1. The molecule has 0 aliphatic carbocycles. The predicted octanol–water partition coefficient (Wildman–Crippen LogP) is 0.654. The van der Waals surface area contributed by atoms with Crippen molar-refractivity contribution in [2.45, 2.75) is 39.2 Å². The molecule has 104 valence electrons. The summed E-state index contributed by atoms with van der Waals surface area (Å²) in [6, 6.07) is -0.435. The number of aliphatic carboxylic acids is 1. The number of urea groups is 1. The average Bonchev–Trinajstić information content (AvgIpc) is 2.35. The number of rotatable bonds is 4. The molecule has 6 nitrogen and oxygen atoms in total. The van der Waals surface area contributed by atoms with Gasteiger partial charge in [-0.15, -0.1) is 0 Å². The number of hydrogen-bond donors (Lipinski definition) is 3. The third kappa shape index (κ3) is 3.60. The van der Waals surface area contributed by atoms with Crippen molar-refractivity contribution < 1.29 is 19.8 Å². The van der Waals surface area contributed by atoms with Crippen molar-refractivity contribution in [1.82, 2.24) is 10.2 Å². The molecule has 1 saturated heterocycles. The minimum absolute atomic E-state index is 0.0459. The van der Waals surface area contributed by atoms with Crippen molar-refractivity contribution in [2.75, 3.05) is 19.7 Å². The van der Waals surface area contributed by atoms with E-state index in [4.69, 9.17) is 5.11 Å². The van der Waals surface area contributed by atoms with Crippen LogP contribution in [0.2, 0.25) is 0 Å². The lowest BCUT2D eigenvalue weighted by Gasteiger charge is -2.35. The van der Waals surface area contributed by atoms with Crippen LogP contribution in [-0.2, 0) is 4.79 Å². The van der Waals surface area contributed by atoms with Gasteiger partial charge in [-0.3, -0.25) is 4.79 Å². The Morgan fingerprint density at radius 1 is 1.39 bits per heavy atom. The zero-order valence-corrected chi connectivity index (χ0v) is 11.0. The molecular weight excluding hydrogens is 236 g/mol. The van der Waals surface area contributed by atoms with Crippen molar-refractivity contribution in [3.8, 4) is 0 Å². The molecule has 6 heteroatoms. The number of piperidine rings is 1. The van der Waals surface area contributed by atoms with Gasteiger partial charge in [-0.2, -0.15) is 0 Å². The van der Waals surface area contributed by atoms with Gasteiger partial charge in [0.05, 0.1) is 18.1 Å². The molecule has 18 heavy (non-hydrogen) atoms. The fourth-order valence-electron chi connectivity index (χ4n) is 1.93. The standard InChI is InChI=1S/C12H22N2O4/c1-12(2,10(16)17)8-13-11(18)14-6-4-3-5-9(14)7-15/h9,15H,3-8H2,1-2H3,(H,13,18)(H,16,17). The zero-order chi connectivity index (χ0) is 13.8. The summed E-state index contributed by atoms with van der Waals surface area (Å²) in [6.07, 6.45) is 2.73. The van der Waals surface area contributed by atoms with Gasteiger partial charge in [0.15, 0.2) is 0 Å². The number of carboxylic acid groups (broad SMARTS) is 1. The number of carbonyl (C=O) groups excluding carboxylic acids is 1. The van der Waals surface area contributed by atoms with E-state index in [1.807, 2.05) is 0 Å². The van der Waals surface area contributed by atoms with Gasteiger partial charge in [0.25, 0.3) is 0 Å². The van der Waals surface area contributed by atoms with Gasteiger partial charge in [-0.25, -0.2) is 4.79 Å². The number of carboxylic acids is 1. The summed E-state index contributed by atoms with van der Waals surface area (Å²) in [5, 5.41) is 20.8. The molecule has 3 N–H and O–H groups in total. The summed E-state index contributed by atoms with van der Waals surface area (Å²) >= 11 is 0. The molecular formula is C12H22N2O4. The normalized spacial score (nSPS) is 20.6. The van der Waals surface area contributed by atoms with Crippen molar-refractivity contribution >= 4 is 12.0 Å². The summed E-state index contributed by atoms with van der Waals surface area (Å²) in [5.41, 5.74) is -0.986. The molecule has 1 fully saturated rings. The molecule has 0 bridgehead atoms. The highest BCUT2D eigenvalue weighted by Gasteiger charge is 2.30. The van der Waals surface area contributed by atoms with Crippen molar-refractivity contribution in [2.24, 2.45) is 5.41 Å². The second kappa shape index (κ2) is 6.04. The van der Waals surface area contributed by atoms with E-state index < -0.39 is 11.4 Å². The van der Waals surface area contributed by atoms with Crippen LogP contribution in [0.15, 0.2) is 0 Å². The van der Waals surface area contributed by atoms with Gasteiger partial charge in [0.1, 0.15) is 0 Å². The van der Waals surface area contributed by atoms with E-state index in [1.165, 1.54) is 0 Å². The van der Waals surface area contributed by atoms with Crippen molar-refractivity contribution in [1.29, 1.82) is 0 Å². The van der Waals surface area contributed by atoms with E-state index in [-0.39, 0.29) is 25.2 Å². The SMILES string of the molecule is CC(C)(CNC(=O)N1CCCCC1CO)C(=O)O. The summed E-state index contributed by atoms with van der Waals surface area (Å²) in [4.78, 5) is 24.5. The van der Waals surface area contributed by atoms with Crippen LogP contribution >= 0.6 is 0 Å². The third-order valence-electron chi connectivity index (χ3n) is 3.36. The average molecular weight is 258 g/mol. The highest BCUT2D eigenvalue weighted by atomic mass is 16.4. The Labute approximate surface area is 107 Å². The van der Waals surface area contributed by atoms with Crippen LogP contribution in [0.25, 0.3) is 0 Å². The Morgan fingerprint density at radius 2 is 2.06 bits per heavy atom. The lowest BCUT2D eigenvalue weighted by atomic mass is 9.94. The maximum Gasteiger partial charge on any atom is 0.317 e. The van der Waals surface area contributed by atoms with E-state index in [1.54, 1.807) is 18.7 Å². The minimum atomic E-state index is -0.986. The smallest absolute Gasteiger partial charge is 0.317 e. The first-order valence-electron chi connectivity index (χ1n) is 6.27. The second-order valence-electron chi connectivity index (χ2n) is 5.37. The maximum atomic E-state index is 11.9. The molecule has 1 rings (SSSR count). The van der Waals surface area contributed by atoms with E-state index in [0.717, 1.165) is 19.3 Å². The van der Waals surface area contributed by atoms with E-state index >= 15 is 0 Å². The first kappa shape index (κ1) is 14.8. The van der Waals surface area contributed by atoms with Crippen molar-refractivity contribution in [3.05, 3.63) is 0 Å². The van der Waals surface area contributed by atoms with Crippen LogP contribution in [0.4, 0.5) is 4.79 Å². The molecule has 0 saturated carbocycles. The summed E-state index contributed by atoms with van der Waals surface area (Å²) < 4.78 is 0. The van der Waals surface area contributed by atoms with Crippen LogP contribution in [-0.4, -0.2) is 52.9 Å². The highest BCUT2D eigenvalue weighted by molar-refractivity contribution is 5.77. The molecule has 1 heterocycles. The number of likely N-dealkylation sites (tertiary alicyclic amines) is 1. The molecule has 1 aliphatic heterocycles. The topological polar surface area (TPSA) is 89.9 Å². The molecule has 1 atom stereocenters. The minimum Gasteiger partial charge on any atom is -0.481 e. The van der Waals surface area contributed by atoms with Gasteiger partial charge in [0, 0.05) is 13.1 Å². The van der Waals surface area contributed by atoms with E-state index in [0.29, 0.717) is 6.54 Å². The molecule has 0 aromatic heterocycles. The van der Waals surface area contributed by atoms with Crippen LogP contribution in [0.5, 0.6) is 0 Å². The molecule has 0 aromatic carbocycles.